The minimum atomic E-state index is -3.27. The van der Waals surface area contributed by atoms with Crippen LogP contribution in [0.1, 0.15) is 24.0 Å². The van der Waals surface area contributed by atoms with Crippen LogP contribution in [0, 0.1) is 13.8 Å². The summed E-state index contributed by atoms with van der Waals surface area (Å²) in [6, 6.07) is 5.25. The molecule has 2 heterocycles. The lowest BCUT2D eigenvalue weighted by Crippen LogP contribution is -2.48. The molecular weight excluding hydrogens is 352 g/mol. The van der Waals surface area contributed by atoms with Gasteiger partial charge in [-0.05, 0) is 62.6 Å². The summed E-state index contributed by atoms with van der Waals surface area (Å²) in [5.41, 5.74) is 2.89. The molecule has 1 fully saturated rings. The second-order valence-electron chi connectivity index (χ2n) is 7.21. The van der Waals surface area contributed by atoms with E-state index in [4.69, 9.17) is 0 Å². The van der Waals surface area contributed by atoms with Crippen LogP contribution in [0.3, 0.4) is 0 Å². The molecule has 142 valence electrons. The number of likely N-dealkylation sites (tertiary alicyclic amines) is 1. The van der Waals surface area contributed by atoms with Crippen molar-refractivity contribution in [2.24, 2.45) is 0 Å². The Labute approximate surface area is 155 Å². The average molecular weight is 378 g/mol. The van der Waals surface area contributed by atoms with E-state index in [-0.39, 0.29) is 30.9 Å². The molecule has 0 saturated carbocycles. The fraction of sp³-hybridized carbons (Fsp3) is 0.526. The van der Waals surface area contributed by atoms with Crippen molar-refractivity contribution in [3.8, 4) is 0 Å². The largest absolute Gasteiger partial charge is 0.395 e. The van der Waals surface area contributed by atoms with Gasteiger partial charge in [0.25, 0.3) is 0 Å². The highest BCUT2D eigenvalue weighted by Gasteiger charge is 2.34. The number of anilines is 1. The summed E-state index contributed by atoms with van der Waals surface area (Å²) < 4.78 is 23.8. The standard InChI is InChI=1S/C19H26N2O4S/c1-14-5-6-16(10-15(14)2)21(18-7-9-26(24,25)13-18)19(23)11-20-8-3-4-17(20)12-22/h5-7,9-10,17-18,22H,3-4,8,11-13H2,1-2H3/t17-,18-/m0/s1. The van der Waals surface area contributed by atoms with Gasteiger partial charge in [0.15, 0.2) is 9.84 Å². The summed E-state index contributed by atoms with van der Waals surface area (Å²) in [6.07, 6.45) is 3.43. The molecule has 0 spiro atoms. The van der Waals surface area contributed by atoms with Gasteiger partial charge in [-0.2, -0.15) is 0 Å². The molecule has 1 N–H and O–H groups in total. The molecular formula is C19H26N2O4S. The normalized spacial score (nSPS) is 24.9. The van der Waals surface area contributed by atoms with Crippen LogP contribution in [0.5, 0.6) is 0 Å². The summed E-state index contributed by atoms with van der Waals surface area (Å²) in [5, 5.41) is 10.7. The first kappa shape index (κ1) is 19.1. The number of aryl methyl sites for hydroxylation is 2. The van der Waals surface area contributed by atoms with E-state index in [2.05, 4.69) is 0 Å². The van der Waals surface area contributed by atoms with Crippen molar-refractivity contribution in [2.45, 2.75) is 38.8 Å². The highest BCUT2D eigenvalue weighted by atomic mass is 32.2. The molecule has 0 aromatic heterocycles. The number of aliphatic hydroxyl groups is 1. The number of carbonyl (C=O) groups excluding carboxylic acids is 1. The van der Waals surface area contributed by atoms with Gasteiger partial charge in [-0.15, -0.1) is 0 Å². The Hall–Kier alpha value is -1.70. The predicted molar refractivity (Wildman–Crippen MR) is 102 cm³/mol. The Morgan fingerprint density at radius 2 is 2.08 bits per heavy atom. The van der Waals surface area contributed by atoms with Crippen molar-refractivity contribution in [2.75, 3.05) is 30.3 Å². The molecule has 3 rings (SSSR count). The average Bonchev–Trinajstić information content (AvgIpc) is 3.17. The van der Waals surface area contributed by atoms with Crippen LogP contribution in [0.25, 0.3) is 0 Å². The zero-order valence-electron chi connectivity index (χ0n) is 15.3. The van der Waals surface area contributed by atoms with Gasteiger partial charge in [-0.25, -0.2) is 8.42 Å². The fourth-order valence-electron chi connectivity index (χ4n) is 3.68. The number of amides is 1. The Bertz CT molecular complexity index is 819. The molecule has 1 saturated heterocycles. The molecule has 0 unspecified atom stereocenters. The van der Waals surface area contributed by atoms with E-state index >= 15 is 0 Å². The molecule has 26 heavy (non-hydrogen) atoms. The number of nitrogens with zero attached hydrogens (tertiary/aromatic N) is 2. The van der Waals surface area contributed by atoms with E-state index in [9.17, 15) is 18.3 Å². The van der Waals surface area contributed by atoms with Gasteiger partial charge in [0.05, 0.1) is 24.9 Å². The van der Waals surface area contributed by atoms with Crippen molar-refractivity contribution in [3.63, 3.8) is 0 Å². The number of rotatable bonds is 5. The topological polar surface area (TPSA) is 77.9 Å². The van der Waals surface area contributed by atoms with E-state index in [0.29, 0.717) is 5.69 Å². The number of benzene rings is 1. The molecule has 1 amide bonds. The van der Waals surface area contributed by atoms with Gasteiger partial charge in [0.2, 0.25) is 5.91 Å². The zero-order valence-corrected chi connectivity index (χ0v) is 16.1. The van der Waals surface area contributed by atoms with Crippen molar-refractivity contribution < 1.29 is 18.3 Å². The van der Waals surface area contributed by atoms with Gasteiger partial charge >= 0.3 is 0 Å². The smallest absolute Gasteiger partial charge is 0.241 e. The second kappa shape index (κ2) is 7.50. The number of sulfone groups is 1. The minimum Gasteiger partial charge on any atom is -0.395 e. The summed E-state index contributed by atoms with van der Waals surface area (Å²) in [6.45, 7) is 4.97. The fourth-order valence-corrected chi connectivity index (χ4v) is 4.94. The second-order valence-corrected chi connectivity index (χ2v) is 9.14. The molecule has 0 aliphatic carbocycles. The van der Waals surface area contributed by atoms with Crippen LogP contribution in [0.4, 0.5) is 5.69 Å². The Kier molecular flexibility index (Phi) is 5.50. The van der Waals surface area contributed by atoms with Crippen LogP contribution in [0.15, 0.2) is 29.7 Å². The van der Waals surface area contributed by atoms with Crippen LogP contribution >= 0.6 is 0 Å². The molecule has 6 nitrogen and oxygen atoms in total. The third kappa shape index (κ3) is 4.00. The molecule has 7 heteroatoms. The van der Waals surface area contributed by atoms with Crippen molar-refractivity contribution in [1.82, 2.24) is 4.90 Å². The van der Waals surface area contributed by atoms with E-state index in [1.54, 1.807) is 11.0 Å². The highest BCUT2D eigenvalue weighted by Crippen LogP contribution is 2.26. The Morgan fingerprint density at radius 3 is 2.69 bits per heavy atom. The van der Waals surface area contributed by atoms with E-state index in [0.717, 1.165) is 30.5 Å². The van der Waals surface area contributed by atoms with Crippen molar-refractivity contribution in [1.29, 1.82) is 0 Å². The maximum Gasteiger partial charge on any atom is 0.241 e. The highest BCUT2D eigenvalue weighted by molar-refractivity contribution is 7.94. The number of carbonyl (C=O) groups is 1. The number of hydrogen-bond donors (Lipinski definition) is 1. The summed E-state index contributed by atoms with van der Waals surface area (Å²) in [5.74, 6) is -0.227. The van der Waals surface area contributed by atoms with Gasteiger partial charge < -0.3 is 10.0 Å². The Morgan fingerprint density at radius 1 is 1.31 bits per heavy atom. The summed E-state index contributed by atoms with van der Waals surface area (Å²) in [7, 11) is -3.27. The molecule has 0 radical (unpaired) electrons. The van der Waals surface area contributed by atoms with Crippen LogP contribution in [-0.2, 0) is 14.6 Å². The number of hydrogen-bond acceptors (Lipinski definition) is 5. The first-order valence-corrected chi connectivity index (χ1v) is 10.7. The van der Waals surface area contributed by atoms with Gasteiger partial charge in [-0.3, -0.25) is 9.69 Å². The predicted octanol–water partition coefficient (Wildman–Crippen LogP) is 1.40. The quantitative estimate of drug-likeness (QED) is 0.838. The van der Waals surface area contributed by atoms with E-state index < -0.39 is 15.9 Å². The van der Waals surface area contributed by atoms with Crippen molar-refractivity contribution >= 4 is 21.4 Å². The summed E-state index contributed by atoms with van der Waals surface area (Å²) in [4.78, 5) is 16.7. The van der Waals surface area contributed by atoms with E-state index in [1.807, 2.05) is 36.9 Å². The first-order chi connectivity index (χ1) is 12.3. The van der Waals surface area contributed by atoms with Crippen LogP contribution in [0.2, 0.25) is 0 Å². The SMILES string of the molecule is Cc1ccc(N(C(=O)CN2CCC[C@H]2CO)[C@H]2C=CS(=O)(=O)C2)cc1C. The third-order valence-electron chi connectivity index (χ3n) is 5.33. The molecule has 2 aliphatic heterocycles. The maximum absolute atomic E-state index is 13.1. The minimum absolute atomic E-state index is 0.00315. The maximum atomic E-state index is 13.1. The third-order valence-corrected chi connectivity index (χ3v) is 6.71. The lowest BCUT2D eigenvalue weighted by atomic mass is 10.1. The monoisotopic (exact) mass is 378 g/mol. The first-order valence-electron chi connectivity index (χ1n) is 8.96. The molecule has 2 atom stereocenters. The van der Waals surface area contributed by atoms with Crippen molar-refractivity contribution in [3.05, 3.63) is 40.8 Å². The van der Waals surface area contributed by atoms with Crippen LogP contribution in [-0.4, -0.2) is 61.9 Å². The molecule has 0 bridgehead atoms. The number of aliphatic hydroxyl groups excluding tert-OH is 1. The zero-order chi connectivity index (χ0) is 18.9. The van der Waals surface area contributed by atoms with Gasteiger partial charge in [0.1, 0.15) is 0 Å². The molecule has 1 aromatic carbocycles. The Balaban J connectivity index is 1.88. The molecule has 1 aromatic rings. The molecule has 2 aliphatic rings. The van der Waals surface area contributed by atoms with Crippen LogP contribution < -0.4 is 4.90 Å². The lowest BCUT2D eigenvalue weighted by Gasteiger charge is -2.31. The van der Waals surface area contributed by atoms with Gasteiger partial charge in [-0.1, -0.05) is 6.07 Å². The summed E-state index contributed by atoms with van der Waals surface area (Å²) >= 11 is 0. The van der Waals surface area contributed by atoms with Gasteiger partial charge in [0, 0.05) is 17.1 Å². The van der Waals surface area contributed by atoms with E-state index in [1.165, 1.54) is 5.41 Å². The lowest BCUT2D eigenvalue weighted by molar-refractivity contribution is -0.120.